The van der Waals surface area contributed by atoms with Crippen LogP contribution in [0, 0.1) is 5.82 Å². The van der Waals surface area contributed by atoms with Crippen LogP contribution in [-0.2, 0) is 17.7 Å². The van der Waals surface area contributed by atoms with Crippen molar-refractivity contribution < 1.29 is 18.7 Å². The summed E-state index contributed by atoms with van der Waals surface area (Å²) in [4.78, 5) is 26.3. The van der Waals surface area contributed by atoms with Gasteiger partial charge in [-0.15, -0.1) is 0 Å². The second-order valence-electron chi connectivity index (χ2n) is 7.23. The number of carbonyl (C=O) groups is 2. The van der Waals surface area contributed by atoms with Crippen LogP contribution in [0.5, 0.6) is 0 Å². The van der Waals surface area contributed by atoms with Crippen LogP contribution in [0.2, 0.25) is 5.02 Å². The van der Waals surface area contributed by atoms with Gasteiger partial charge in [0.15, 0.2) is 5.82 Å². The van der Waals surface area contributed by atoms with Crippen LogP contribution in [0.3, 0.4) is 0 Å². The van der Waals surface area contributed by atoms with E-state index in [0.29, 0.717) is 18.5 Å². The quantitative estimate of drug-likeness (QED) is 0.812. The van der Waals surface area contributed by atoms with E-state index in [1.165, 1.54) is 17.0 Å². The highest BCUT2D eigenvalue weighted by molar-refractivity contribution is 6.34. The Morgan fingerprint density at radius 3 is 2.78 bits per heavy atom. The number of nitrogens with one attached hydrogen (secondary N) is 2. The summed E-state index contributed by atoms with van der Waals surface area (Å²) in [7, 11) is 0. The number of aromatic amines is 1. The maximum absolute atomic E-state index is 14.0. The highest BCUT2D eigenvalue weighted by atomic mass is 35.5. The average molecular weight is 395 g/mol. The van der Waals surface area contributed by atoms with Crippen LogP contribution in [0.25, 0.3) is 0 Å². The third kappa shape index (κ3) is 4.21. The molecule has 1 aliphatic heterocycles. The number of hydrogen-bond donors (Lipinski definition) is 2. The maximum atomic E-state index is 14.0. The SMILES string of the molecule is CC(C)(C)OC(=O)N1CCc2[nH]nc(NC(=O)c3c(F)cccc3Cl)c2C1. The Labute approximate surface area is 160 Å². The molecule has 2 amide bonds. The van der Waals surface area contributed by atoms with E-state index in [4.69, 9.17) is 16.3 Å². The minimum atomic E-state index is -0.722. The van der Waals surface area contributed by atoms with Crippen molar-refractivity contribution in [2.75, 3.05) is 11.9 Å². The summed E-state index contributed by atoms with van der Waals surface area (Å²) in [6.45, 7) is 6.07. The Morgan fingerprint density at radius 1 is 1.37 bits per heavy atom. The standard InChI is InChI=1S/C18H20ClFN4O3/c1-18(2,3)27-17(26)24-8-7-13-10(9-24)15(23-22-13)21-16(25)14-11(19)5-4-6-12(14)20/h4-6H,7-9H2,1-3H3,(H2,21,22,23,25). The van der Waals surface area contributed by atoms with Crippen molar-refractivity contribution in [1.29, 1.82) is 0 Å². The molecule has 9 heteroatoms. The first-order chi connectivity index (χ1) is 12.7. The molecule has 2 N–H and O–H groups in total. The monoisotopic (exact) mass is 394 g/mol. The first kappa shape index (κ1) is 19.2. The molecule has 27 heavy (non-hydrogen) atoms. The van der Waals surface area contributed by atoms with Crippen LogP contribution < -0.4 is 5.32 Å². The van der Waals surface area contributed by atoms with Gasteiger partial charge in [-0.05, 0) is 32.9 Å². The molecule has 0 radical (unpaired) electrons. The molecule has 1 aliphatic rings. The van der Waals surface area contributed by atoms with Gasteiger partial charge < -0.3 is 15.0 Å². The highest BCUT2D eigenvalue weighted by Gasteiger charge is 2.29. The fourth-order valence-corrected chi connectivity index (χ4v) is 3.01. The number of benzene rings is 1. The van der Waals surface area contributed by atoms with Gasteiger partial charge in [0, 0.05) is 24.2 Å². The van der Waals surface area contributed by atoms with Gasteiger partial charge in [-0.3, -0.25) is 9.89 Å². The van der Waals surface area contributed by atoms with E-state index in [9.17, 15) is 14.0 Å². The number of halogens is 2. The van der Waals surface area contributed by atoms with E-state index in [-0.39, 0.29) is 22.9 Å². The zero-order chi connectivity index (χ0) is 19.8. The third-order valence-electron chi connectivity index (χ3n) is 4.01. The maximum Gasteiger partial charge on any atom is 0.410 e. The number of hydrogen-bond acceptors (Lipinski definition) is 4. The minimum absolute atomic E-state index is 0.00675. The van der Waals surface area contributed by atoms with Crippen molar-refractivity contribution >= 4 is 29.4 Å². The molecule has 2 heterocycles. The molecule has 0 spiro atoms. The van der Waals surface area contributed by atoms with Gasteiger partial charge in [0.05, 0.1) is 17.1 Å². The lowest BCUT2D eigenvalue weighted by Crippen LogP contribution is -2.40. The molecule has 0 aliphatic carbocycles. The van der Waals surface area contributed by atoms with Crippen molar-refractivity contribution in [2.45, 2.75) is 39.3 Å². The number of H-pyrrole nitrogens is 1. The zero-order valence-corrected chi connectivity index (χ0v) is 16.0. The van der Waals surface area contributed by atoms with Crippen LogP contribution in [0.1, 0.15) is 42.4 Å². The van der Waals surface area contributed by atoms with Crippen molar-refractivity contribution in [3.63, 3.8) is 0 Å². The van der Waals surface area contributed by atoms with Crippen LogP contribution >= 0.6 is 11.6 Å². The Balaban J connectivity index is 1.78. The van der Waals surface area contributed by atoms with Gasteiger partial charge in [-0.1, -0.05) is 17.7 Å². The molecular formula is C18H20ClFN4O3. The number of amides is 2. The molecule has 1 aromatic heterocycles. The van der Waals surface area contributed by atoms with Gasteiger partial charge >= 0.3 is 6.09 Å². The molecule has 3 rings (SSSR count). The first-order valence-corrected chi connectivity index (χ1v) is 8.83. The minimum Gasteiger partial charge on any atom is -0.444 e. The average Bonchev–Trinajstić information content (AvgIpc) is 2.95. The summed E-state index contributed by atoms with van der Waals surface area (Å²) >= 11 is 5.94. The Morgan fingerprint density at radius 2 is 2.11 bits per heavy atom. The predicted octanol–water partition coefficient (Wildman–Crippen LogP) is 3.75. The molecule has 0 unspecified atom stereocenters. The van der Waals surface area contributed by atoms with Crippen molar-refractivity contribution in [3.05, 3.63) is 45.9 Å². The summed E-state index contributed by atoms with van der Waals surface area (Å²) in [5.41, 5.74) is 0.611. The van der Waals surface area contributed by atoms with E-state index in [1.54, 1.807) is 20.8 Å². The Hall–Kier alpha value is -2.61. The second kappa shape index (κ2) is 7.19. The van der Waals surface area contributed by atoms with E-state index in [2.05, 4.69) is 15.5 Å². The highest BCUT2D eigenvalue weighted by Crippen LogP contribution is 2.27. The molecule has 0 atom stereocenters. The summed E-state index contributed by atoms with van der Waals surface area (Å²) in [6.07, 6.45) is 0.0986. The molecule has 1 aromatic carbocycles. The lowest BCUT2D eigenvalue weighted by molar-refractivity contribution is 0.0224. The van der Waals surface area contributed by atoms with Crippen molar-refractivity contribution in [3.8, 4) is 0 Å². The largest absolute Gasteiger partial charge is 0.444 e. The predicted molar refractivity (Wildman–Crippen MR) is 98.3 cm³/mol. The van der Waals surface area contributed by atoms with E-state index >= 15 is 0 Å². The van der Waals surface area contributed by atoms with E-state index in [0.717, 1.165) is 11.8 Å². The second-order valence-corrected chi connectivity index (χ2v) is 7.64. The van der Waals surface area contributed by atoms with Gasteiger partial charge in [-0.2, -0.15) is 5.10 Å². The molecule has 7 nitrogen and oxygen atoms in total. The molecule has 0 saturated carbocycles. The van der Waals surface area contributed by atoms with E-state index in [1.807, 2.05) is 0 Å². The van der Waals surface area contributed by atoms with Crippen molar-refractivity contribution in [1.82, 2.24) is 15.1 Å². The Kier molecular flexibility index (Phi) is 5.10. The zero-order valence-electron chi connectivity index (χ0n) is 15.2. The number of rotatable bonds is 2. The van der Waals surface area contributed by atoms with Gasteiger partial charge in [0.25, 0.3) is 5.91 Å². The van der Waals surface area contributed by atoms with Gasteiger partial charge in [0.1, 0.15) is 11.4 Å². The van der Waals surface area contributed by atoms with Crippen LogP contribution in [0.4, 0.5) is 15.0 Å². The number of nitrogens with zero attached hydrogens (tertiary/aromatic N) is 2. The number of carbonyl (C=O) groups excluding carboxylic acids is 2. The molecule has 0 bridgehead atoms. The van der Waals surface area contributed by atoms with Gasteiger partial charge in [-0.25, -0.2) is 9.18 Å². The summed E-state index contributed by atoms with van der Waals surface area (Å²) in [5, 5.41) is 9.52. The number of fused-ring (bicyclic) bond motifs is 1. The molecule has 2 aromatic rings. The van der Waals surface area contributed by atoms with Crippen LogP contribution in [-0.4, -0.2) is 39.2 Å². The van der Waals surface area contributed by atoms with Crippen LogP contribution in [0.15, 0.2) is 18.2 Å². The number of aromatic nitrogens is 2. The fourth-order valence-electron chi connectivity index (χ4n) is 2.77. The van der Waals surface area contributed by atoms with Crippen molar-refractivity contribution in [2.24, 2.45) is 0 Å². The first-order valence-electron chi connectivity index (χ1n) is 8.45. The summed E-state index contributed by atoms with van der Waals surface area (Å²) < 4.78 is 19.3. The summed E-state index contributed by atoms with van der Waals surface area (Å²) in [6, 6.07) is 4.01. The third-order valence-corrected chi connectivity index (χ3v) is 4.32. The normalized spacial score (nSPS) is 13.9. The smallest absolute Gasteiger partial charge is 0.410 e. The van der Waals surface area contributed by atoms with E-state index < -0.39 is 23.4 Å². The van der Waals surface area contributed by atoms with Gasteiger partial charge in [0.2, 0.25) is 0 Å². The molecule has 0 fully saturated rings. The topological polar surface area (TPSA) is 87.3 Å². The molecular weight excluding hydrogens is 375 g/mol. The molecule has 144 valence electrons. The number of ether oxygens (including phenoxy) is 1. The lowest BCUT2D eigenvalue weighted by atomic mass is 10.1. The number of anilines is 1. The molecule has 0 saturated heterocycles. The summed E-state index contributed by atoms with van der Waals surface area (Å²) in [5.74, 6) is -1.19. The fraction of sp³-hybridized carbons (Fsp3) is 0.389. The Bertz CT molecular complexity index is 871. The lowest BCUT2D eigenvalue weighted by Gasteiger charge is -2.30.